The molecule has 7 heteroatoms. The van der Waals surface area contributed by atoms with E-state index in [0.29, 0.717) is 5.56 Å². The fourth-order valence-corrected chi connectivity index (χ4v) is 2.84. The van der Waals surface area contributed by atoms with Crippen molar-refractivity contribution < 1.29 is 17.6 Å². The molecule has 0 heterocycles. The molecule has 0 radical (unpaired) electrons. The van der Waals surface area contributed by atoms with Crippen LogP contribution in [-0.4, -0.2) is 20.9 Å². The molecule has 122 valence electrons. The van der Waals surface area contributed by atoms with E-state index < -0.39 is 28.3 Å². The number of hydrogen-bond donors (Lipinski definition) is 2. The molecule has 2 rings (SSSR count). The van der Waals surface area contributed by atoms with Gasteiger partial charge in [0, 0.05) is 12.1 Å². The number of aryl methyl sites for hydroxylation is 1. The van der Waals surface area contributed by atoms with Crippen molar-refractivity contribution in [3.63, 3.8) is 0 Å². The van der Waals surface area contributed by atoms with Crippen molar-refractivity contribution in [3.8, 4) is 0 Å². The maximum Gasteiger partial charge on any atom is 0.241 e. The number of carbonyl (C=O) groups excluding carboxylic acids is 1. The highest BCUT2D eigenvalue weighted by molar-refractivity contribution is 7.89. The van der Waals surface area contributed by atoms with E-state index in [2.05, 4.69) is 10.0 Å². The van der Waals surface area contributed by atoms with Gasteiger partial charge in [0.05, 0.1) is 11.4 Å². The van der Waals surface area contributed by atoms with Gasteiger partial charge < -0.3 is 5.32 Å². The first-order valence-corrected chi connectivity index (χ1v) is 8.43. The van der Waals surface area contributed by atoms with Crippen LogP contribution in [0.25, 0.3) is 0 Å². The Bertz CT molecular complexity index is 789. The van der Waals surface area contributed by atoms with Crippen LogP contribution in [0.2, 0.25) is 0 Å². The molecule has 0 saturated heterocycles. The molecule has 0 saturated carbocycles. The second-order valence-electron chi connectivity index (χ2n) is 5.01. The predicted molar refractivity (Wildman–Crippen MR) is 84.6 cm³/mol. The van der Waals surface area contributed by atoms with E-state index in [1.54, 1.807) is 30.3 Å². The van der Waals surface area contributed by atoms with Crippen molar-refractivity contribution in [1.29, 1.82) is 0 Å². The SMILES string of the molecule is Cc1ccc(S(=O)(=O)NCC(=O)NCc2ccccc2F)cc1. The highest BCUT2D eigenvalue weighted by Gasteiger charge is 2.15. The van der Waals surface area contributed by atoms with Crippen LogP contribution in [0.3, 0.4) is 0 Å². The Balaban J connectivity index is 1.89. The van der Waals surface area contributed by atoms with Gasteiger partial charge in [0.1, 0.15) is 5.82 Å². The minimum absolute atomic E-state index is 0.00222. The number of nitrogens with one attached hydrogen (secondary N) is 2. The maximum absolute atomic E-state index is 13.4. The average molecular weight is 336 g/mol. The van der Waals surface area contributed by atoms with E-state index in [0.717, 1.165) is 5.56 Å². The molecular formula is C16H17FN2O3S. The van der Waals surface area contributed by atoms with Crippen molar-refractivity contribution >= 4 is 15.9 Å². The topological polar surface area (TPSA) is 75.3 Å². The Morgan fingerprint density at radius 3 is 2.39 bits per heavy atom. The fraction of sp³-hybridized carbons (Fsp3) is 0.188. The summed E-state index contributed by atoms with van der Waals surface area (Å²) in [5.74, 6) is -0.961. The van der Waals surface area contributed by atoms with Gasteiger partial charge in [0.2, 0.25) is 15.9 Å². The normalized spacial score (nSPS) is 11.2. The molecule has 0 aliphatic carbocycles. The van der Waals surface area contributed by atoms with Gasteiger partial charge >= 0.3 is 0 Å². The summed E-state index contributed by atoms with van der Waals surface area (Å²) in [7, 11) is -3.75. The highest BCUT2D eigenvalue weighted by Crippen LogP contribution is 2.09. The van der Waals surface area contributed by atoms with Gasteiger partial charge in [-0.15, -0.1) is 0 Å². The van der Waals surface area contributed by atoms with E-state index in [1.165, 1.54) is 18.2 Å². The number of hydrogen-bond acceptors (Lipinski definition) is 3. The monoisotopic (exact) mass is 336 g/mol. The quantitative estimate of drug-likeness (QED) is 0.843. The number of halogens is 1. The Morgan fingerprint density at radius 1 is 1.09 bits per heavy atom. The van der Waals surface area contributed by atoms with Crippen LogP contribution in [-0.2, 0) is 21.4 Å². The minimum atomic E-state index is -3.75. The number of sulfonamides is 1. The summed E-state index contributed by atoms with van der Waals surface area (Å²) < 4.78 is 39.7. The van der Waals surface area contributed by atoms with Gasteiger partial charge in [-0.25, -0.2) is 17.5 Å². The van der Waals surface area contributed by atoms with Crippen molar-refractivity contribution in [3.05, 3.63) is 65.5 Å². The zero-order chi connectivity index (χ0) is 16.9. The molecule has 23 heavy (non-hydrogen) atoms. The third-order valence-electron chi connectivity index (χ3n) is 3.19. The summed E-state index contributed by atoms with van der Waals surface area (Å²) >= 11 is 0. The summed E-state index contributed by atoms with van der Waals surface area (Å²) in [6.45, 7) is 1.43. The van der Waals surface area contributed by atoms with Crippen LogP contribution in [0.4, 0.5) is 4.39 Å². The standard InChI is InChI=1S/C16H17FN2O3S/c1-12-6-8-14(9-7-12)23(21,22)19-11-16(20)18-10-13-4-2-3-5-15(13)17/h2-9,19H,10-11H2,1H3,(H,18,20). The van der Waals surface area contributed by atoms with Crippen molar-refractivity contribution in [2.45, 2.75) is 18.4 Å². The largest absolute Gasteiger partial charge is 0.351 e. The minimum Gasteiger partial charge on any atom is -0.351 e. The molecule has 5 nitrogen and oxygen atoms in total. The summed E-state index contributed by atoms with van der Waals surface area (Å²) in [5, 5.41) is 2.47. The third kappa shape index (κ3) is 4.87. The smallest absolute Gasteiger partial charge is 0.241 e. The van der Waals surface area contributed by atoms with Gasteiger partial charge in [-0.05, 0) is 25.1 Å². The highest BCUT2D eigenvalue weighted by atomic mass is 32.2. The van der Waals surface area contributed by atoms with Crippen LogP contribution in [0.15, 0.2) is 53.4 Å². The van der Waals surface area contributed by atoms with Crippen LogP contribution in [0.1, 0.15) is 11.1 Å². The third-order valence-corrected chi connectivity index (χ3v) is 4.61. The first-order chi connectivity index (χ1) is 10.9. The Hall–Kier alpha value is -2.25. The Morgan fingerprint density at radius 2 is 1.74 bits per heavy atom. The van der Waals surface area contributed by atoms with Gasteiger partial charge in [-0.3, -0.25) is 4.79 Å². The van der Waals surface area contributed by atoms with E-state index in [4.69, 9.17) is 0 Å². The second kappa shape index (κ2) is 7.34. The van der Waals surface area contributed by atoms with Crippen LogP contribution in [0, 0.1) is 12.7 Å². The zero-order valence-corrected chi connectivity index (χ0v) is 13.4. The number of benzene rings is 2. The van der Waals surface area contributed by atoms with Gasteiger partial charge in [0.25, 0.3) is 0 Å². The molecule has 1 amide bonds. The molecule has 2 N–H and O–H groups in total. The Kier molecular flexibility index (Phi) is 5.46. The summed E-state index contributed by atoms with van der Waals surface area (Å²) in [6.07, 6.45) is 0. The van der Waals surface area contributed by atoms with E-state index >= 15 is 0 Å². The van der Waals surface area contributed by atoms with E-state index in [1.807, 2.05) is 6.92 Å². The zero-order valence-electron chi connectivity index (χ0n) is 12.5. The lowest BCUT2D eigenvalue weighted by Crippen LogP contribution is -2.36. The fourth-order valence-electron chi connectivity index (χ4n) is 1.86. The molecule has 0 aromatic heterocycles. The molecule has 2 aromatic rings. The van der Waals surface area contributed by atoms with Crippen LogP contribution in [0.5, 0.6) is 0 Å². The van der Waals surface area contributed by atoms with E-state index in [9.17, 15) is 17.6 Å². The van der Waals surface area contributed by atoms with Crippen LogP contribution >= 0.6 is 0 Å². The first kappa shape index (κ1) is 17.1. The summed E-state index contributed by atoms with van der Waals surface area (Å²) in [4.78, 5) is 11.8. The molecule has 0 bridgehead atoms. The van der Waals surface area contributed by atoms with Gasteiger partial charge in [-0.1, -0.05) is 35.9 Å². The maximum atomic E-state index is 13.4. The van der Waals surface area contributed by atoms with Gasteiger partial charge in [0.15, 0.2) is 0 Å². The lowest BCUT2D eigenvalue weighted by atomic mass is 10.2. The molecule has 0 unspecified atom stereocenters. The predicted octanol–water partition coefficient (Wildman–Crippen LogP) is 1.73. The molecule has 0 spiro atoms. The van der Waals surface area contributed by atoms with Crippen molar-refractivity contribution in [2.75, 3.05) is 6.54 Å². The molecule has 0 fully saturated rings. The molecular weight excluding hydrogens is 319 g/mol. The molecule has 2 aromatic carbocycles. The summed E-state index contributed by atoms with van der Waals surface area (Å²) in [5.41, 5.74) is 1.27. The molecule has 0 aliphatic rings. The summed E-state index contributed by atoms with van der Waals surface area (Å²) in [6, 6.07) is 12.3. The van der Waals surface area contributed by atoms with Crippen LogP contribution < -0.4 is 10.0 Å². The molecule has 0 atom stereocenters. The lowest BCUT2D eigenvalue weighted by molar-refractivity contribution is -0.120. The van der Waals surface area contributed by atoms with Gasteiger partial charge in [-0.2, -0.15) is 0 Å². The molecule has 0 aliphatic heterocycles. The lowest BCUT2D eigenvalue weighted by Gasteiger charge is -2.08. The first-order valence-electron chi connectivity index (χ1n) is 6.95. The number of amides is 1. The average Bonchev–Trinajstić information content (AvgIpc) is 2.53. The van der Waals surface area contributed by atoms with Crippen molar-refractivity contribution in [2.24, 2.45) is 0 Å². The van der Waals surface area contributed by atoms with E-state index in [-0.39, 0.29) is 11.4 Å². The number of carbonyl (C=O) groups is 1. The second-order valence-corrected chi connectivity index (χ2v) is 6.77. The Labute approximate surface area is 134 Å². The number of rotatable bonds is 6. The van der Waals surface area contributed by atoms with Crippen molar-refractivity contribution in [1.82, 2.24) is 10.0 Å².